The van der Waals surface area contributed by atoms with Crippen LogP contribution in [-0.2, 0) is 0 Å². The van der Waals surface area contributed by atoms with Crippen LogP contribution >= 0.6 is 0 Å². The number of hydrogen-bond acceptors (Lipinski definition) is 5. The molecule has 0 aliphatic carbocycles. The molecule has 6 heteroatoms. The van der Waals surface area contributed by atoms with Crippen LogP contribution in [0, 0.1) is 25.2 Å². The number of nitrogens with one attached hydrogen (secondary N) is 1. The van der Waals surface area contributed by atoms with Crippen LogP contribution < -0.4 is 5.32 Å². The fraction of sp³-hybridized carbons (Fsp3) is 0.154. The molecule has 0 aromatic carbocycles. The van der Waals surface area contributed by atoms with Crippen molar-refractivity contribution in [1.82, 2.24) is 15.0 Å². The summed E-state index contributed by atoms with van der Waals surface area (Å²) in [4.78, 5) is 24.0. The van der Waals surface area contributed by atoms with Gasteiger partial charge in [0, 0.05) is 17.6 Å². The normalized spacial score (nSPS) is 9.74. The van der Waals surface area contributed by atoms with Gasteiger partial charge in [-0.25, -0.2) is 15.0 Å². The van der Waals surface area contributed by atoms with Crippen LogP contribution in [0.5, 0.6) is 0 Å². The summed E-state index contributed by atoms with van der Waals surface area (Å²) < 4.78 is 0. The van der Waals surface area contributed by atoms with Gasteiger partial charge < -0.3 is 0 Å². The van der Waals surface area contributed by atoms with E-state index in [1.165, 1.54) is 18.3 Å². The largest absolute Gasteiger partial charge is 0.289 e. The van der Waals surface area contributed by atoms with Gasteiger partial charge in [-0.05, 0) is 32.0 Å². The second kappa shape index (κ2) is 5.23. The van der Waals surface area contributed by atoms with E-state index < -0.39 is 5.91 Å². The van der Waals surface area contributed by atoms with Crippen molar-refractivity contribution in [3.63, 3.8) is 0 Å². The van der Waals surface area contributed by atoms with E-state index in [1.807, 2.05) is 26.0 Å². The van der Waals surface area contributed by atoms with Crippen LogP contribution in [0.3, 0.4) is 0 Å². The van der Waals surface area contributed by atoms with Gasteiger partial charge in [0.25, 0.3) is 5.91 Å². The average molecular weight is 253 g/mol. The monoisotopic (exact) mass is 253 g/mol. The molecule has 0 bridgehead atoms. The summed E-state index contributed by atoms with van der Waals surface area (Å²) in [6.45, 7) is 3.65. The van der Waals surface area contributed by atoms with E-state index in [1.54, 1.807) is 0 Å². The zero-order chi connectivity index (χ0) is 13.8. The summed E-state index contributed by atoms with van der Waals surface area (Å²) in [5.74, 6) is -0.164. The molecule has 2 rings (SSSR count). The van der Waals surface area contributed by atoms with Gasteiger partial charge >= 0.3 is 0 Å². The molecule has 0 saturated heterocycles. The summed E-state index contributed by atoms with van der Waals surface area (Å²) >= 11 is 0. The quantitative estimate of drug-likeness (QED) is 0.877. The molecule has 0 spiro atoms. The van der Waals surface area contributed by atoms with Gasteiger partial charge in [0.15, 0.2) is 0 Å². The molecular weight excluding hydrogens is 242 g/mol. The van der Waals surface area contributed by atoms with Crippen molar-refractivity contribution in [2.45, 2.75) is 13.8 Å². The van der Waals surface area contributed by atoms with Crippen molar-refractivity contribution in [2.75, 3.05) is 5.32 Å². The molecule has 0 radical (unpaired) electrons. The highest BCUT2D eigenvalue weighted by Gasteiger charge is 2.09. The Balaban J connectivity index is 2.18. The Labute approximate surface area is 110 Å². The van der Waals surface area contributed by atoms with Gasteiger partial charge in [-0.3, -0.25) is 10.1 Å². The minimum atomic E-state index is -0.408. The van der Waals surface area contributed by atoms with Gasteiger partial charge in [0.1, 0.15) is 11.8 Å². The number of nitriles is 1. The average Bonchev–Trinajstić information content (AvgIpc) is 2.37. The molecule has 0 saturated carbocycles. The van der Waals surface area contributed by atoms with Crippen LogP contribution in [0.4, 0.5) is 5.95 Å². The highest BCUT2D eigenvalue weighted by molar-refractivity contribution is 6.01. The summed E-state index contributed by atoms with van der Waals surface area (Å²) in [6, 6.07) is 6.77. The lowest BCUT2D eigenvalue weighted by Crippen LogP contribution is -2.16. The van der Waals surface area contributed by atoms with Crippen LogP contribution in [-0.4, -0.2) is 20.9 Å². The van der Waals surface area contributed by atoms with Crippen molar-refractivity contribution in [3.05, 3.63) is 47.0 Å². The van der Waals surface area contributed by atoms with Crippen LogP contribution in [0.25, 0.3) is 0 Å². The van der Waals surface area contributed by atoms with E-state index in [2.05, 4.69) is 20.3 Å². The summed E-state index contributed by atoms with van der Waals surface area (Å²) in [7, 11) is 0. The summed E-state index contributed by atoms with van der Waals surface area (Å²) in [6.07, 6.45) is 1.34. The molecule has 2 aromatic heterocycles. The molecular formula is C13H11N5O. The van der Waals surface area contributed by atoms with Crippen LogP contribution in [0.1, 0.15) is 27.4 Å². The minimum absolute atomic E-state index is 0.210. The van der Waals surface area contributed by atoms with Gasteiger partial charge in [-0.2, -0.15) is 5.26 Å². The first-order chi connectivity index (χ1) is 9.08. The van der Waals surface area contributed by atoms with E-state index in [0.29, 0.717) is 5.56 Å². The molecule has 1 amide bonds. The standard InChI is InChI=1S/C13H11N5O/c1-8-5-9(2)17-13(16-8)18-12(19)11-4-3-10(6-14)7-15-11/h3-5,7H,1-2H3,(H,16,17,18,19). The Morgan fingerprint density at radius 2 is 1.95 bits per heavy atom. The maximum absolute atomic E-state index is 11.9. The fourth-order valence-corrected chi connectivity index (χ4v) is 1.54. The van der Waals surface area contributed by atoms with Gasteiger partial charge in [-0.15, -0.1) is 0 Å². The van der Waals surface area contributed by atoms with E-state index >= 15 is 0 Å². The minimum Gasteiger partial charge on any atom is -0.289 e. The van der Waals surface area contributed by atoms with Gasteiger partial charge in [0.2, 0.25) is 5.95 Å². The number of carbonyl (C=O) groups is 1. The van der Waals surface area contributed by atoms with E-state index in [9.17, 15) is 4.79 Å². The molecule has 0 unspecified atom stereocenters. The lowest BCUT2D eigenvalue weighted by atomic mass is 10.2. The Morgan fingerprint density at radius 1 is 1.26 bits per heavy atom. The molecule has 2 heterocycles. The Bertz CT molecular complexity index is 637. The van der Waals surface area contributed by atoms with Crippen LogP contribution in [0.15, 0.2) is 24.4 Å². The maximum Gasteiger partial charge on any atom is 0.276 e. The fourth-order valence-electron chi connectivity index (χ4n) is 1.54. The smallest absolute Gasteiger partial charge is 0.276 e. The number of pyridine rings is 1. The third kappa shape index (κ3) is 3.10. The topological polar surface area (TPSA) is 91.6 Å². The van der Waals surface area contributed by atoms with Crippen molar-refractivity contribution < 1.29 is 4.79 Å². The van der Waals surface area contributed by atoms with Crippen LogP contribution in [0.2, 0.25) is 0 Å². The third-order valence-corrected chi connectivity index (χ3v) is 2.33. The molecule has 1 N–H and O–H groups in total. The third-order valence-electron chi connectivity index (χ3n) is 2.33. The number of rotatable bonds is 2. The number of amides is 1. The SMILES string of the molecule is Cc1cc(C)nc(NC(=O)c2ccc(C#N)cn2)n1. The Morgan fingerprint density at radius 3 is 2.47 bits per heavy atom. The molecule has 0 fully saturated rings. The molecule has 19 heavy (non-hydrogen) atoms. The molecule has 94 valence electrons. The number of aromatic nitrogens is 3. The van der Waals surface area contributed by atoms with Gasteiger partial charge in [-0.1, -0.05) is 0 Å². The number of nitrogens with zero attached hydrogens (tertiary/aromatic N) is 4. The van der Waals surface area contributed by atoms with Crippen molar-refractivity contribution in [3.8, 4) is 6.07 Å². The first kappa shape index (κ1) is 12.6. The Kier molecular flexibility index (Phi) is 3.48. The zero-order valence-corrected chi connectivity index (χ0v) is 10.5. The predicted octanol–water partition coefficient (Wildman–Crippen LogP) is 1.61. The summed E-state index contributed by atoms with van der Waals surface area (Å²) in [5.41, 5.74) is 2.16. The first-order valence-corrected chi connectivity index (χ1v) is 5.58. The molecule has 0 aliphatic rings. The van der Waals surface area contributed by atoms with Crippen molar-refractivity contribution in [1.29, 1.82) is 5.26 Å². The number of carbonyl (C=O) groups excluding carboxylic acids is 1. The zero-order valence-electron chi connectivity index (χ0n) is 10.5. The van der Waals surface area contributed by atoms with E-state index in [-0.39, 0.29) is 11.6 Å². The number of aryl methyl sites for hydroxylation is 2. The predicted molar refractivity (Wildman–Crippen MR) is 68.4 cm³/mol. The molecule has 0 atom stereocenters. The van der Waals surface area contributed by atoms with Crippen molar-refractivity contribution >= 4 is 11.9 Å². The van der Waals surface area contributed by atoms with E-state index in [4.69, 9.17) is 5.26 Å². The van der Waals surface area contributed by atoms with Crippen molar-refractivity contribution in [2.24, 2.45) is 0 Å². The molecule has 2 aromatic rings. The molecule has 0 aliphatic heterocycles. The van der Waals surface area contributed by atoms with Gasteiger partial charge in [0.05, 0.1) is 5.56 Å². The first-order valence-electron chi connectivity index (χ1n) is 5.58. The molecule has 6 nitrogen and oxygen atoms in total. The number of anilines is 1. The van der Waals surface area contributed by atoms with E-state index in [0.717, 1.165) is 11.4 Å². The highest BCUT2D eigenvalue weighted by Crippen LogP contribution is 2.06. The Hall–Kier alpha value is -2.81. The second-order valence-corrected chi connectivity index (χ2v) is 3.97. The summed E-state index contributed by atoms with van der Waals surface area (Å²) in [5, 5.41) is 11.2. The highest BCUT2D eigenvalue weighted by atomic mass is 16.2. The lowest BCUT2D eigenvalue weighted by Gasteiger charge is -2.04. The second-order valence-electron chi connectivity index (χ2n) is 3.97. The lowest BCUT2D eigenvalue weighted by molar-refractivity contribution is 0.102. The maximum atomic E-state index is 11.9. The number of hydrogen-bond donors (Lipinski definition) is 1.